The summed E-state index contributed by atoms with van der Waals surface area (Å²) in [5.74, 6) is 5.49. The molecule has 2 nitrogen and oxygen atoms in total. The maximum atomic E-state index is 11.3. The van der Waals surface area contributed by atoms with Crippen LogP contribution in [0.4, 0.5) is 0 Å². The number of carbonyl (C=O) groups is 1. The molecule has 0 bridgehead atoms. The lowest BCUT2D eigenvalue weighted by molar-refractivity contribution is 0.100. The first kappa shape index (κ1) is 8.95. The number of aryl methyl sites for hydroxylation is 1. The second kappa shape index (κ2) is 4.03. The number of Topliss-reactive ketones (excluding diaryl/α,β-unsaturated/α-hetero) is 1. The second-order valence-corrected chi connectivity index (χ2v) is 3.51. The molecule has 0 aliphatic heterocycles. The Kier molecular flexibility index (Phi) is 3.01. The molecule has 1 aromatic rings. The van der Waals surface area contributed by atoms with Crippen LogP contribution in [0.25, 0.3) is 0 Å². The lowest BCUT2D eigenvalue weighted by Crippen LogP contribution is -1.92. The highest BCUT2D eigenvalue weighted by Crippen LogP contribution is 2.12. The van der Waals surface area contributed by atoms with E-state index < -0.39 is 0 Å². The fraction of sp³-hybridized carbons (Fsp3) is 0.333. The largest absolute Gasteiger partial charge is 0.292 e. The maximum absolute atomic E-state index is 11.3. The first-order valence-electron chi connectivity index (χ1n) is 3.59. The molecule has 0 aliphatic carbocycles. The molecule has 0 saturated heterocycles. The molecule has 62 valence electrons. The van der Waals surface area contributed by atoms with Crippen molar-refractivity contribution < 1.29 is 4.79 Å². The fourth-order valence-corrected chi connectivity index (χ4v) is 1.46. The van der Waals surface area contributed by atoms with Crippen molar-refractivity contribution in [2.24, 2.45) is 0 Å². The van der Waals surface area contributed by atoms with Crippen LogP contribution >= 0.6 is 11.3 Å². The van der Waals surface area contributed by atoms with Gasteiger partial charge in [0.05, 0.1) is 16.3 Å². The minimum Gasteiger partial charge on any atom is -0.292 e. The highest BCUT2D eigenvalue weighted by atomic mass is 32.1. The first-order valence-corrected chi connectivity index (χ1v) is 4.41. The summed E-state index contributed by atoms with van der Waals surface area (Å²) in [6.45, 7) is 3.61. The molecule has 0 unspecified atom stereocenters. The van der Waals surface area contributed by atoms with Gasteiger partial charge in [0.1, 0.15) is 0 Å². The SMILES string of the molecule is CC#CCC(=O)c1cnc(C)s1. The lowest BCUT2D eigenvalue weighted by atomic mass is 10.2. The number of thiazole rings is 1. The van der Waals surface area contributed by atoms with Gasteiger partial charge in [-0.15, -0.1) is 17.3 Å². The van der Waals surface area contributed by atoms with Gasteiger partial charge in [-0.3, -0.25) is 4.79 Å². The molecule has 1 aromatic heterocycles. The highest BCUT2D eigenvalue weighted by molar-refractivity contribution is 7.13. The van der Waals surface area contributed by atoms with Crippen LogP contribution in [0.5, 0.6) is 0 Å². The van der Waals surface area contributed by atoms with Gasteiger partial charge in [-0.25, -0.2) is 4.98 Å². The number of ketones is 1. The third kappa shape index (κ3) is 2.18. The van der Waals surface area contributed by atoms with Crippen LogP contribution in [0.15, 0.2) is 6.20 Å². The van der Waals surface area contributed by atoms with E-state index in [1.807, 2.05) is 6.92 Å². The van der Waals surface area contributed by atoms with E-state index in [2.05, 4.69) is 16.8 Å². The van der Waals surface area contributed by atoms with Crippen molar-refractivity contribution in [2.75, 3.05) is 0 Å². The zero-order chi connectivity index (χ0) is 8.97. The van der Waals surface area contributed by atoms with Crippen LogP contribution < -0.4 is 0 Å². The summed E-state index contributed by atoms with van der Waals surface area (Å²) < 4.78 is 0. The summed E-state index contributed by atoms with van der Waals surface area (Å²) in [4.78, 5) is 16.0. The van der Waals surface area contributed by atoms with Crippen molar-refractivity contribution in [3.05, 3.63) is 16.1 Å². The fourth-order valence-electron chi connectivity index (χ4n) is 0.746. The Hall–Kier alpha value is -1.14. The number of aromatic nitrogens is 1. The molecule has 0 N–H and O–H groups in total. The summed E-state index contributed by atoms with van der Waals surface area (Å²) in [6.07, 6.45) is 1.91. The molecule has 3 heteroatoms. The van der Waals surface area contributed by atoms with Gasteiger partial charge in [-0.05, 0) is 13.8 Å². The van der Waals surface area contributed by atoms with Crippen molar-refractivity contribution >= 4 is 17.1 Å². The second-order valence-electron chi connectivity index (χ2n) is 2.27. The van der Waals surface area contributed by atoms with Crippen LogP contribution in [0.3, 0.4) is 0 Å². The molecule has 0 saturated carbocycles. The van der Waals surface area contributed by atoms with Gasteiger partial charge in [0.25, 0.3) is 0 Å². The summed E-state index contributed by atoms with van der Waals surface area (Å²) in [6, 6.07) is 0. The van der Waals surface area contributed by atoms with E-state index in [0.717, 1.165) is 5.01 Å². The zero-order valence-corrected chi connectivity index (χ0v) is 7.86. The molecule has 0 spiro atoms. The van der Waals surface area contributed by atoms with Gasteiger partial charge in [-0.1, -0.05) is 5.92 Å². The minimum atomic E-state index is 0.0648. The third-order valence-corrected chi connectivity index (χ3v) is 2.28. The van der Waals surface area contributed by atoms with E-state index in [1.54, 1.807) is 13.1 Å². The Balaban J connectivity index is 2.69. The Morgan fingerprint density at radius 1 is 1.75 bits per heavy atom. The van der Waals surface area contributed by atoms with Crippen molar-refractivity contribution in [1.29, 1.82) is 0 Å². The predicted molar refractivity (Wildman–Crippen MR) is 49.2 cm³/mol. The van der Waals surface area contributed by atoms with Crippen molar-refractivity contribution in [2.45, 2.75) is 20.3 Å². The zero-order valence-electron chi connectivity index (χ0n) is 7.05. The van der Waals surface area contributed by atoms with Gasteiger partial charge >= 0.3 is 0 Å². The number of nitrogens with zero attached hydrogens (tertiary/aromatic N) is 1. The average molecular weight is 179 g/mol. The Bertz CT molecular complexity index is 343. The molecular formula is C9H9NOS. The third-order valence-electron chi connectivity index (χ3n) is 1.32. The Labute approximate surface area is 75.6 Å². The van der Waals surface area contributed by atoms with Crippen molar-refractivity contribution in [1.82, 2.24) is 4.98 Å². The van der Waals surface area contributed by atoms with Crippen LogP contribution in [0, 0.1) is 18.8 Å². The van der Waals surface area contributed by atoms with Gasteiger partial charge < -0.3 is 0 Å². The molecule has 0 amide bonds. The van der Waals surface area contributed by atoms with Gasteiger partial charge in [0.15, 0.2) is 5.78 Å². The first-order chi connectivity index (χ1) is 5.74. The van der Waals surface area contributed by atoms with Crippen LogP contribution in [0.1, 0.15) is 28.0 Å². The lowest BCUT2D eigenvalue weighted by Gasteiger charge is -1.86. The van der Waals surface area contributed by atoms with Crippen molar-refractivity contribution in [3.63, 3.8) is 0 Å². The summed E-state index contributed by atoms with van der Waals surface area (Å²) >= 11 is 1.42. The minimum absolute atomic E-state index is 0.0648. The molecule has 1 rings (SSSR count). The smallest absolute Gasteiger partial charge is 0.186 e. The average Bonchev–Trinajstić information content (AvgIpc) is 2.47. The van der Waals surface area contributed by atoms with E-state index in [4.69, 9.17) is 0 Å². The molecule has 0 radical (unpaired) electrons. The summed E-state index contributed by atoms with van der Waals surface area (Å²) in [5.41, 5.74) is 0. The number of carbonyl (C=O) groups excluding carboxylic acids is 1. The monoisotopic (exact) mass is 179 g/mol. The van der Waals surface area contributed by atoms with Gasteiger partial charge in [-0.2, -0.15) is 0 Å². The van der Waals surface area contributed by atoms with E-state index >= 15 is 0 Å². The molecule has 0 fully saturated rings. The number of rotatable bonds is 2. The molecule has 0 atom stereocenters. The predicted octanol–water partition coefficient (Wildman–Crippen LogP) is 2.05. The Morgan fingerprint density at radius 2 is 2.50 bits per heavy atom. The highest BCUT2D eigenvalue weighted by Gasteiger charge is 2.06. The summed E-state index contributed by atoms with van der Waals surface area (Å²) in [7, 11) is 0. The molecule has 1 heterocycles. The van der Waals surface area contributed by atoms with E-state index in [1.165, 1.54) is 11.3 Å². The Morgan fingerprint density at radius 3 is 3.00 bits per heavy atom. The van der Waals surface area contributed by atoms with Crippen molar-refractivity contribution in [3.8, 4) is 11.8 Å². The van der Waals surface area contributed by atoms with Crippen LogP contribution in [-0.2, 0) is 0 Å². The summed E-state index contributed by atoms with van der Waals surface area (Å²) in [5, 5.41) is 0.919. The van der Waals surface area contributed by atoms with Crippen LogP contribution in [0.2, 0.25) is 0 Å². The molecule has 12 heavy (non-hydrogen) atoms. The standard InChI is InChI=1S/C9H9NOS/c1-3-4-5-8(11)9-6-10-7(2)12-9/h6H,5H2,1-2H3. The number of hydrogen-bond acceptors (Lipinski definition) is 3. The maximum Gasteiger partial charge on any atom is 0.186 e. The topological polar surface area (TPSA) is 30.0 Å². The van der Waals surface area contributed by atoms with Crippen LogP contribution in [-0.4, -0.2) is 10.8 Å². The van der Waals surface area contributed by atoms with E-state index in [-0.39, 0.29) is 5.78 Å². The number of hydrogen-bond donors (Lipinski definition) is 0. The van der Waals surface area contributed by atoms with E-state index in [0.29, 0.717) is 11.3 Å². The normalized spacial score (nSPS) is 8.83. The van der Waals surface area contributed by atoms with E-state index in [9.17, 15) is 4.79 Å². The quantitative estimate of drug-likeness (QED) is 0.513. The van der Waals surface area contributed by atoms with Gasteiger partial charge in [0.2, 0.25) is 0 Å². The van der Waals surface area contributed by atoms with Gasteiger partial charge in [0, 0.05) is 6.20 Å². The molecular weight excluding hydrogens is 170 g/mol. The molecule has 0 aromatic carbocycles. The molecule has 0 aliphatic rings.